The molecule has 1 N–H and O–H groups in total. The Kier molecular flexibility index (Phi) is 4.32. The van der Waals surface area contributed by atoms with Crippen molar-refractivity contribution in [3.05, 3.63) is 47.2 Å². The molecule has 0 fully saturated rings. The monoisotopic (exact) mass is 314 g/mol. The first kappa shape index (κ1) is 15.1. The minimum atomic E-state index is -0.304. The summed E-state index contributed by atoms with van der Waals surface area (Å²) in [6, 6.07) is 9.20. The second-order valence-electron chi connectivity index (χ2n) is 5.11. The normalized spacial score (nSPS) is 13.0. The summed E-state index contributed by atoms with van der Waals surface area (Å²) in [5.74, 6) is 1.91. The van der Waals surface area contributed by atoms with Crippen molar-refractivity contribution in [2.24, 2.45) is 0 Å². The van der Waals surface area contributed by atoms with Crippen LogP contribution in [-0.4, -0.2) is 31.8 Å². The van der Waals surface area contributed by atoms with Crippen LogP contribution < -0.4 is 14.8 Å². The lowest BCUT2D eigenvalue weighted by atomic mass is 10.1. The first-order valence-electron chi connectivity index (χ1n) is 7.33. The van der Waals surface area contributed by atoms with Gasteiger partial charge >= 0.3 is 5.97 Å². The summed E-state index contributed by atoms with van der Waals surface area (Å²) < 4.78 is 15.6. The fourth-order valence-electron chi connectivity index (χ4n) is 2.48. The number of rotatable bonds is 5. The second kappa shape index (κ2) is 6.56. The molecule has 1 aliphatic heterocycles. The van der Waals surface area contributed by atoms with Gasteiger partial charge in [-0.05, 0) is 24.3 Å². The largest absolute Gasteiger partial charge is 0.497 e. The lowest BCUT2D eigenvalue weighted by molar-refractivity contribution is 0.0477. The van der Waals surface area contributed by atoms with Gasteiger partial charge in [-0.15, -0.1) is 0 Å². The van der Waals surface area contributed by atoms with Crippen LogP contribution in [0.5, 0.6) is 11.5 Å². The first-order chi connectivity index (χ1) is 11.2. The van der Waals surface area contributed by atoms with E-state index in [-0.39, 0.29) is 5.97 Å². The van der Waals surface area contributed by atoms with Crippen molar-refractivity contribution in [3.8, 4) is 11.5 Å². The molecule has 0 unspecified atom stereocenters. The van der Waals surface area contributed by atoms with Crippen molar-refractivity contribution >= 4 is 11.8 Å². The van der Waals surface area contributed by atoms with Gasteiger partial charge in [0.2, 0.25) is 0 Å². The number of aromatic nitrogens is 1. The Balaban J connectivity index is 1.75. The van der Waals surface area contributed by atoms with Crippen LogP contribution in [0.4, 0.5) is 5.82 Å². The van der Waals surface area contributed by atoms with Gasteiger partial charge in [0.15, 0.2) is 0 Å². The van der Waals surface area contributed by atoms with E-state index >= 15 is 0 Å². The number of anilines is 1. The molecule has 2 aromatic rings. The molecular weight excluding hydrogens is 296 g/mol. The summed E-state index contributed by atoms with van der Waals surface area (Å²) in [6.45, 7) is 0.942. The third-order valence-corrected chi connectivity index (χ3v) is 3.72. The molecule has 2 heterocycles. The molecule has 6 nitrogen and oxygen atoms in total. The molecule has 120 valence electrons. The Morgan fingerprint density at radius 1 is 1.22 bits per heavy atom. The van der Waals surface area contributed by atoms with Gasteiger partial charge in [0.05, 0.1) is 32.1 Å². The summed E-state index contributed by atoms with van der Waals surface area (Å²) in [7, 11) is 3.25. The lowest BCUT2D eigenvalue weighted by Gasteiger charge is -2.16. The van der Waals surface area contributed by atoms with Gasteiger partial charge in [0.25, 0.3) is 0 Å². The van der Waals surface area contributed by atoms with Crippen LogP contribution in [0.15, 0.2) is 30.3 Å². The van der Waals surface area contributed by atoms with Crippen molar-refractivity contribution in [2.45, 2.75) is 13.0 Å². The molecule has 3 rings (SSSR count). The van der Waals surface area contributed by atoms with Crippen LogP contribution in [0, 0.1) is 0 Å². The molecule has 1 aromatic carbocycles. The van der Waals surface area contributed by atoms with Crippen LogP contribution >= 0.6 is 0 Å². The number of carbonyl (C=O) groups is 1. The first-order valence-corrected chi connectivity index (χ1v) is 7.33. The molecule has 1 aliphatic rings. The van der Waals surface area contributed by atoms with Crippen molar-refractivity contribution in [3.63, 3.8) is 0 Å². The Morgan fingerprint density at radius 2 is 2.09 bits per heavy atom. The number of nitrogens with zero attached hydrogens (tertiary/aromatic N) is 1. The van der Waals surface area contributed by atoms with E-state index in [2.05, 4.69) is 10.3 Å². The summed E-state index contributed by atoms with van der Waals surface area (Å²) in [5.41, 5.74) is 2.31. The predicted molar refractivity (Wildman–Crippen MR) is 85.1 cm³/mol. The highest BCUT2D eigenvalue weighted by atomic mass is 16.5. The zero-order chi connectivity index (χ0) is 16.2. The highest BCUT2D eigenvalue weighted by molar-refractivity contribution is 5.91. The van der Waals surface area contributed by atoms with E-state index in [1.54, 1.807) is 26.4 Å². The quantitative estimate of drug-likeness (QED) is 0.855. The second-order valence-corrected chi connectivity index (χ2v) is 5.11. The van der Waals surface area contributed by atoms with Crippen molar-refractivity contribution in [1.82, 2.24) is 4.98 Å². The van der Waals surface area contributed by atoms with Gasteiger partial charge in [-0.1, -0.05) is 0 Å². The third-order valence-electron chi connectivity index (χ3n) is 3.72. The topological polar surface area (TPSA) is 69.7 Å². The smallest absolute Gasteiger partial charge is 0.340 e. The zero-order valence-electron chi connectivity index (χ0n) is 13.1. The van der Waals surface area contributed by atoms with E-state index in [4.69, 9.17) is 14.2 Å². The van der Waals surface area contributed by atoms with Gasteiger partial charge < -0.3 is 19.5 Å². The van der Waals surface area contributed by atoms with E-state index in [1.165, 1.54) is 0 Å². The standard InChI is InChI=1S/C17H18N2O4/c1-21-12-4-3-11(15(9-12)22-2)10-18-16-6-5-13-14(19-16)7-8-23-17(13)20/h3-6,9H,7-8,10H2,1-2H3,(H,18,19). The molecule has 23 heavy (non-hydrogen) atoms. The number of carbonyl (C=O) groups excluding carboxylic acids is 1. The summed E-state index contributed by atoms with van der Waals surface area (Å²) in [6.07, 6.45) is 0.641. The molecule has 0 atom stereocenters. The number of nitrogens with one attached hydrogen (secondary N) is 1. The minimum Gasteiger partial charge on any atom is -0.497 e. The number of ether oxygens (including phenoxy) is 3. The van der Waals surface area contributed by atoms with E-state index in [1.807, 2.05) is 18.2 Å². The molecule has 0 saturated heterocycles. The number of cyclic esters (lactones) is 1. The van der Waals surface area contributed by atoms with E-state index in [0.29, 0.717) is 25.1 Å². The minimum absolute atomic E-state index is 0.304. The van der Waals surface area contributed by atoms with Crippen LogP contribution in [-0.2, 0) is 17.7 Å². The van der Waals surface area contributed by atoms with Crippen molar-refractivity contribution in [1.29, 1.82) is 0 Å². The SMILES string of the molecule is COc1ccc(CNc2ccc3c(n2)CCOC3=O)c(OC)c1. The Labute approximate surface area is 134 Å². The van der Waals surface area contributed by atoms with Gasteiger partial charge in [0.1, 0.15) is 17.3 Å². The molecule has 1 aromatic heterocycles. The van der Waals surface area contributed by atoms with Gasteiger partial charge in [-0.3, -0.25) is 0 Å². The molecule has 0 saturated carbocycles. The fraction of sp³-hybridized carbons (Fsp3) is 0.294. The highest BCUT2D eigenvalue weighted by Crippen LogP contribution is 2.25. The van der Waals surface area contributed by atoms with Crippen LogP contribution in [0.2, 0.25) is 0 Å². The zero-order valence-corrected chi connectivity index (χ0v) is 13.1. The Hall–Kier alpha value is -2.76. The Bertz CT molecular complexity index is 731. The molecule has 0 bridgehead atoms. The maximum atomic E-state index is 11.6. The number of methoxy groups -OCH3 is 2. The molecule has 0 spiro atoms. The van der Waals surface area contributed by atoms with E-state index < -0.39 is 0 Å². The van der Waals surface area contributed by atoms with Crippen LogP contribution in [0.1, 0.15) is 21.6 Å². The summed E-state index contributed by atoms with van der Waals surface area (Å²) in [4.78, 5) is 16.1. The number of hydrogen-bond donors (Lipinski definition) is 1. The van der Waals surface area contributed by atoms with Gasteiger partial charge in [-0.2, -0.15) is 0 Å². The summed E-state index contributed by atoms with van der Waals surface area (Å²) in [5, 5.41) is 3.25. The predicted octanol–water partition coefficient (Wildman–Crippen LogP) is 2.42. The average Bonchev–Trinajstić information content (AvgIpc) is 2.60. The number of pyridine rings is 1. The number of benzene rings is 1. The van der Waals surface area contributed by atoms with Gasteiger partial charge in [0, 0.05) is 24.6 Å². The van der Waals surface area contributed by atoms with Gasteiger partial charge in [-0.25, -0.2) is 9.78 Å². The van der Waals surface area contributed by atoms with Crippen molar-refractivity contribution in [2.75, 3.05) is 26.1 Å². The maximum Gasteiger partial charge on any atom is 0.340 e. The molecule has 0 aliphatic carbocycles. The maximum absolute atomic E-state index is 11.6. The van der Waals surface area contributed by atoms with Crippen LogP contribution in [0.3, 0.4) is 0 Å². The van der Waals surface area contributed by atoms with E-state index in [0.717, 1.165) is 28.6 Å². The molecule has 0 radical (unpaired) electrons. The third kappa shape index (κ3) is 3.21. The number of fused-ring (bicyclic) bond motifs is 1. The Morgan fingerprint density at radius 3 is 2.87 bits per heavy atom. The fourth-order valence-corrected chi connectivity index (χ4v) is 2.48. The number of hydrogen-bond acceptors (Lipinski definition) is 6. The lowest BCUT2D eigenvalue weighted by Crippen LogP contribution is -2.19. The van der Waals surface area contributed by atoms with Crippen LogP contribution in [0.25, 0.3) is 0 Å². The van der Waals surface area contributed by atoms with E-state index in [9.17, 15) is 4.79 Å². The average molecular weight is 314 g/mol. The summed E-state index contributed by atoms with van der Waals surface area (Å²) >= 11 is 0. The highest BCUT2D eigenvalue weighted by Gasteiger charge is 2.19. The van der Waals surface area contributed by atoms with Crippen molar-refractivity contribution < 1.29 is 19.0 Å². The molecular formula is C17H18N2O4. The molecule has 0 amide bonds. The number of esters is 1. The molecule has 6 heteroatoms.